The zero-order chi connectivity index (χ0) is 11.5. The molecule has 1 aromatic heterocycles. The number of rotatable bonds is 2. The molecule has 0 aliphatic rings. The van der Waals surface area contributed by atoms with E-state index in [1.54, 1.807) is 19.1 Å². The Kier molecular flexibility index (Phi) is 3.06. The van der Waals surface area contributed by atoms with E-state index in [9.17, 15) is 4.79 Å². The first-order valence-corrected chi connectivity index (χ1v) is 5.31. The lowest BCUT2D eigenvalue weighted by Crippen LogP contribution is -2.04. The van der Waals surface area contributed by atoms with E-state index in [1.807, 2.05) is 12.1 Å². The number of hydrogen-bond acceptors (Lipinski definition) is 3. The molecule has 0 aliphatic heterocycles. The average Bonchev–Trinajstić information content (AvgIpc) is 2.29. The molecule has 0 atom stereocenters. The van der Waals surface area contributed by atoms with Crippen LogP contribution < -0.4 is 0 Å². The summed E-state index contributed by atoms with van der Waals surface area (Å²) in [5.74, 6) is -0.378. The number of aromatic nitrogens is 1. The summed E-state index contributed by atoms with van der Waals surface area (Å²) >= 11 is 6.02. The van der Waals surface area contributed by atoms with Gasteiger partial charge in [0.2, 0.25) is 0 Å². The van der Waals surface area contributed by atoms with Crippen molar-refractivity contribution in [2.75, 3.05) is 6.61 Å². The number of halogens is 1. The Labute approximate surface area is 98.0 Å². The van der Waals surface area contributed by atoms with Gasteiger partial charge in [-0.25, -0.2) is 4.79 Å². The zero-order valence-electron chi connectivity index (χ0n) is 8.74. The van der Waals surface area contributed by atoms with Crippen LogP contribution in [-0.2, 0) is 4.74 Å². The van der Waals surface area contributed by atoms with Gasteiger partial charge in [0.1, 0.15) is 0 Å². The van der Waals surface area contributed by atoms with Crippen LogP contribution in [0.4, 0.5) is 0 Å². The van der Waals surface area contributed by atoms with E-state index in [1.165, 1.54) is 6.20 Å². The molecule has 0 fully saturated rings. The summed E-state index contributed by atoms with van der Waals surface area (Å²) in [6, 6.07) is 7.13. The van der Waals surface area contributed by atoms with E-state index >= 15 is 0 Å². The average molecular weight is 236 g/mol. The second kappa shape index (κ2) is 4.49. The Morgan fingerprint density at radius 1 is 1.50 bits per heavy atom. The third kappa shape index (κ3) is 1.99. The molecule has 0 amide bonds. The first kappa shape index (κ1) is 10.9. The Morgan fingerprint density at radius 3 is 3.06 bits per heavy atom. The van der Waals surface area contributed by atoms with E-state index in [4.69, 9.17) is 16.3 Å². The van der Waals surface area contributed by atoms with Crippen LogP contribution in [0.3, 0.4) is 0 Å². The van der Waals surface area contributed by atoms with Crippen LogP contribution >= 0.6 is 11.6 Å². The lowest BCUT2D eigenvalue weighted by molar-refractivity contribution is 0.0526. The lowest BCUT2D eigenvalue weighted by Gasteiger charge is -2.03. The Balaban J connectivity index is 2.51. The quantitative estimate of drug-likeness (QED) is 0.751. The number of pyridine rings is 1. The molecule has 0 unspecified atom stereocenters. The molecule has 0 saturated heterocycles. The van der Waals surface area contributed by atoms with Gasteiger partial charge in [0.15, 0.2) is 0 Å². The van der Waals surface area contributed by atoms with Crippen molar-refractivity contribution in [1.82, 2.24) is 4.98 Å². The smallest absolute Gasteiger partial charge is 0.339 e. The highest BCUT2D eigenvalue weighted by Gasteiger charge is 2.09. The van der Waals surface area contributed by atoms with Gasteiger partial charge in [-0.3, -0.25) is 4.98 Å². The number of nitrogens with zero attached hydrogens (tertiary/aromatic N) is 1. The molecule has 1 aromatic carbocycles. The predicted molar refractivity (Wildman–Crippen MR) is 62.7 cm³/mol. The molecular weight excluding hydrogens is 226 g/mol. The Hall–Kier alpha value is -1.61. The molecule has 0 bridgehead atoms. The number of carbonyl (C=O) groups excluding carboxylic acids is 1. The largest absolute Gasteiger partial charge is 0.462 e. The van der Waals surface area contributed by atoms with Gasteiger partial charge in [0.25, 0.3) is 0 Å². The van der Waals surface area contributed by atoms with E-state index in [0.29, 0.717) is 17.2 Å². The highest BCUT2D eigenvalue weighted by atomic mass is 35.5. The molecule has 82 valence electrons. The van der Waals surface area contributed by atoms with Crippen molar-refractivity contribution in [2.45, 2.75) is 6.92 Å². The van der Waals surface area contributed by atoms with Gasteiger partial charge < -0.3 is 4.74 Å². The van der Waals surface area contributed by atoms with Gasteiger partial charge in [0.05, 0.1) is 17.7 Å². The fraction of sp³-hybridized carbons (Fsp3) is 0.167. The molecule has 3 nitrogen and oxygen atoms in total. The van der Waals surface area contributed by atoms with Crippen LogP contribution in [0.2, 0.25) is 5.02 Å². The van der Waals surface area contributed by atoms with Crippen LogP contribution in [0, 0.1) is 0 Å². The molecule has 2 aromatic rings. The van der Waals surface area contributed by atoms with Gasteiger partial charge in [-0.15, -0.1) is 0 Å². The van der Waals surface area contributed by atoms with E-state index in [2.05, 4.69) is 4.98 Å². The maximum atomic E-state index is 11.5. The summed E-state index contributed by atoms with van der Waals surface area (Å²) < 4.78 is 4.89. The maximum absolute atomic E-state index is 11.5. The van der Waals surface area contributed by atoms with Crippen LogP contribution in [0.15, 0.2) is 30.5 Å². The van der Waals surface area contributed by atoms with Gasteiger partial charge >= 0.3 is 5.97 Å². The SMILES string of the molecule is CCOC(=O)c1cnc2cccc(Cl)c2c1. The molecule has 0 aliphatic carbocycles. The summed E-state index contributed by atoms with van der Waals surface area (Å²) in [6.45, 7) is 2.11. The van der Waals surface area contributed by atoms with Gasteiger partial charge in [-0.2, -0.15) is 0 Å². The van der Waals surface area contributed by atoms with Crippen molar-refractivity contribution in [3.8, 4) is 0 Å². The number of esters is 1. The van der Waals surface area contributed by atoms with Crippen LogP contribution in [-0.4, -0.2) is 17.6 Å². The monoisotopic (exact) mass is 235 g/mol. The number of benzene rings is 1. The second-order valence-electron chi connectivity index (χ2n) is 3.25. The lowest BCUT2D eigenvalue weighted by atomic mass is 10.1. The fourth-order valence-electron chi connectivity index (χ4n) is 1.44. The Bertz CT molecular complexity index is 540. The normalized spacial score (nSPS) is 10.4. The molecule has 0 spiro atoms. The molecule has 2 rings (SSSR count). The number of fused-ring (bicyclic) bond motifs is 1. The van der Waals surface area contributed by atoms with Crippen LogP contribution in [0.5, 0.6) is 0 Å². The standard InChI is InChI=1S/C12H10ClNO2/c1-2-16-12(15)8-6-9-10(13)4-3-5-11(9)14-7-8/h3-7H,2H2,1H3. The first-order valence-electron chi connectivity index (χ1n) is 4.93. The molecule has 0 saturated carbocycles. The van der Waals surface area contributed by atoms with Crippen molar-refractivity contribution >= 4 is 28.5 Å². The van der Waals surface area contributed by atoms with Crippen molar-refractivity contribution < 1.29 is 9.53 Å². The summed E-state index contributed by atoms with van der Waals surface area (Å²) in [5.41, 5.74) is 1.18. The highest BCUT2D eigenvalue weighted by Crippen LogP contribution is 2.22. The fourth-order valence-corrected chi connectivity index (χ4v) is 1.66. The van der Waals surface area contributed by atoms with Gasteiger partial charge in [-0.1, -0.05) is 17.7 Å². The van der Waals surface area contributed by atoms with Crippen molar-refractivity contribution in [3.63, 3.8) is 0 Å². The van der Waals surface area contributed by atoms with Crippen molar-refractivity contribution in [1.29, 1.82) is 0 Å². The third-order valence-corrected chi connectivity index (χ3v) is 2.51. The molecule has 4 heteroatoms. The third-order valence-electron chi connectivity index (χ3n) is 2.18. The van der Waals surface area contributed by atoms with Crippen molar-refractivity contribution in [2.24, 2.45) is 0 Å². The topological polar surface area (TPSA) is 39.2 Å². The van der Waals surface area contributed by atoms with Gasteiger partial charge in [-0.05, 0) is 25.1 Å². The van der Waals surface area contributed by atoms with E-state index in [0.717, 1.165) is 10.9 Å². The number of carbonyl (C=O) groups is 1. The highest BCUT2D eigenvalue weighted by molar-refractivity contribution is 6.35. The minimum atomic E-state index is -0.378. The summed E-state index contributed by atoms with van der Waals surface area (Å²) in [5, 5.41) is 1.34. The second-order valence-corrected chi connectivity index (χ2v) is 3.66. The zero-order valence-corrected chi connectivity index (χ0v) is 9.49. The minimum Gasteiger partial charge on any atom is -0.462 e. The van der Waals surface area contributed by atoms with Crippen LogP contribution in [0.25, 0.3) is 10.9 Å². The van der Waals surface area contributed by atoms with Crippen molar-refractivity contribution in [3.05, 3.63) is 41.0 Å². The molecular formula is C12H10ClNO2. The van der Waals surface area contributed by atoms with Crippen LogP contribution in [0.1, 0.15) is 17.3 Å². The van der Waals surface area contributed by atoms with E-state index in [-0.39, 0.29) is 5.97 Å². The first-order chi connectivity index (χ1) is 7.72. The Morgan fingerprint density at radius 2 is 2.31 bits per heavy atom. The molecule has 0 N–H and O–H groups in total. The number of ether oxygens (including phenoxy) is 1. The minimum absolute atomic E-state index is 0.347. The summed E-state index contributed by atoms with van der Waals surface area (Å²) in [4.78, 5) is 15.7. The van der Waals surface area contributed by atoms with Gasteiger partial charge in [0, 0.05) is 16.6 Å². The molecule has 0 radical (unpaired) electrons. The van der Waals surface area contributed by atoms with E-state index < -0.39 is 0 Å². The molecule has 16 heavy (non-hydrogen) atoms. The summed E-state index contributed by atoms with van der Waals surface area (Å²) in [7, 11) is 0. The molecule has 1 heterocycles. The maximum Gasteiger partial charge on any atom is 0.339 e. The summed E-state index contributed by atoms with van der Waals surface area (Å²) in [6.07, 6.45) is 1.50. The predicted octanol–water partition coefficient (Wildman–Crippen LogP) is 3.06. The number of hydrogen-bond donors (Lipinski definition) is 0.